The Bertz CT molecular complexity index is 604. The van der Waals surface area contributed by atoms with Crippen LogP contribution in [-0.4, -0.2) is 16.1 Å². The number of hydrogen-bond donors (Lipinski definition) is 1. The van der Waals surface area contributed by atoms with Crippen molar-refractivity contribution in [2.24, 2.45) is 0 Å². The molecule has 0 saturated carbocycles. The van der Waals surface area contributed by atoms with Crippen LogP contribution in [0.4, 0.5) is 10.3 Å². The van der Waals surface area contributed by atoms with Crippen LogP contribution in [0.1, 0.15) is 49.6 Å². The van der Waals surface area contributed by atoms with E-state index < -0.39 is 0 Å². The lowest BCUT2D eigenvalue weighted by Crippen LogP contribution is -2.12. The van der Waals surface area contributed by atoms with Gasteiger partial charge >= 0.3 is 0 Å². The predicted octanol–water partition coefficient (Wildman–Crippen LogP) is 4.46. The molecule has 0 radical (unpaired) electrons. The van der Waals surface area contributed by atoms with Gasteiger partial charge in [0.2, 0.25) is 5.95 Å². The van der Waals surface area contributed by atoms with Crippen molar-refractivity contribution >= 4 is 5.95 Å². The molecule has 0 fully saturated rings. The topological polar surface area (TPSA) is 29.9 Å². The molecular formula is C17H24FN3. The van der Waals surface area contributed by atoms with Crippen LogP contribution in [0, 0.1) is 19.7 Å². The summed E-state index contributed by atoms with van der Waals surface area (Å²) in [7, 11) is 0. The Labute approximate surface area is 126 Å². The fourth-order valence-corrected chi connectivity index (χ4v) is 2.35. The predicted molar refractivity (Wildman–Crippen MR) is 85.3 cm³/mol. The average Bonchev–Trinajstić information content (AvgIpc) is 2.82. The molecule has 4 heteroatoms. The van der Waals surface area contributed by atoms with Crippen molar-refractivity contribution in [1.29, 1.82) is 0 Å². The Morgan fingerprint density at radius 2 is 2.10 bits per heavy atom. The molecule has 0 aliphatic heterocycles. The number of anilines is 1. The lowest BCUT2D eigenvalue weighted by molar-refractivity contribution is 0.599. The molecule has 1 N–H and O–H groups in total. The largest absolute Gasteiger partial charge is 0.356 e. The first-order valence-electron chi connectivity index (χ1n) is 7.58. The highest BCUT2D eigenvalue weighted by atomic mass is 19.1. The molecule has 1 atom stereocenters. The van der Waals surface area contributed by atoms with Gasteiger partial charge in [-0.3, -0.25) is 0 Å². The Balaban J connectivity index is 2.25. The third-order valence-electron chi connectivity index (χ3n) is 3.76. The van der Waals surface area contributed by atoms with Gasteiger partial charge in [0.15, 0.2) is 0 Å². The average molecular weight is 289 g/mol. The number of benzene rings is 1. The number of aryl methyl sites for hydroxylation is 2. The van der Waals surface area contributed by atoms with E-state index in [9.17, 15) is 4.39 Å². The zero-order valence-electron chi connectivity index (χ0n) is 13.3. The van der Waals surface area contributed by atoms with Crippen LogP contribution < -0.4 is 5.32 Å². The van der Waals surface area contributed by atoms with Gasteiger partial charge in [-0.1, -0.05) is 25.5 Å². The monoisotopic (exact) mass is 289 g/mol. The highest BCUT2D eigenvalue weighted by Gasteiger charge is 2.14. The highest BCUT2D eigenvalue weighted by molar-refractivity contribution is 5.33. The standard InChI is InChI=1S/C17H24FN3/c1-5-6-9-19-17-20-13(3)11-21(17)14(4)15-8-7-12(2)16(18)10-15/h7-8,10-11,14H,5-6,9H2,1-4H3,(H,19,20). The second kappa shape index (κ2) is 6.74. The Kier molecular flexibility index (Phi) is 4.99. The molecule has 2 aromatic rings. The number of unbranched alkanes of at least 4 members (excludes halogenated alkanes) is 1. The fourth-order valence-electron chi connectivity index (χ4n) is 2.35. The minimum Gasteiger partial charge on any atom is -0.356 e. The number of rotatable bonds is 6. The summed E-state index contributed by atoms with van der Waals surface area (Å²) in [6.45, 7) is 8.89. The molecule has 1 unspecified atom stereocenters. The number of hydrogen-bond acceptors (Lipinski definition) is 2. The maximum Gasteiger partial charge on any atom is 0.203 e. The molecule has 0 spiro atoms. The molecule has 21 heavy (non-hydrogen) atoms. The molecule has 0 amide bonds. The third-order valence-corrected chi connectivity index (χ3v) is 3.76. The van der Waals surface area contributed by atoms with E-state index in [-0.39, 0.29) is 11.9 Å². The number of nitrogens with one attached hydrogen (secondary N) is 1. The molecule has 0 aliphatic rings. The smallest absolute Gasteiger partial charge is 0.203 e. The van der Waals surface area contributed by atoms with Crippen molar-refractivity contribution in [2.75, 3.05) is 11.9 Å². The van der Waals surface area contributed by atoms with Crippen molar-refractivity contribution in [3.8, 4) is 0 Å². The Morgan fingerprint density at radius 1 is 1.33 bits per heavy atom. The van der Waals surface area contributed by atoms with E-state index in [2.05, 4.69) is 28.7 Å². The number of nitrogens with zero attached hydrogens (tertiary/aromatic N) is 2. The van der Waals surface area contributed by atoms with Crippen LogP contribution in [-0.2, 0) is 0 Å². The van der Waals surface area contributed by atoms with Gasteiger partial charge in [-0.2, -0.15) is 0 Å². The summed E-state index contributed by atoms with van der Waals surface area (Å²) in [5.41, 5.74) is 2.59. The molecule has 3 nitrogen and oxygen atoms in total. The fraction of sp³-hybridized carbons (Fsp3) is 0.471. The van der Waals surface area contributed by atoms with Crippen molar-refractivity contribution in [2.45, 2.75) is 46.6 Å². The number of aromatic nitrogens is 2. The van der Waals surface area contributed by atoms with E-state index in [0.29, 0.717) is 5.56 Å². The first-order valence-corrected chi connectivity index (χ1v) is 7.58. The van der Waals surface area contributed by atoms with Gasteiger partial charge in [0.05, 0.1) is 11.7 Å². The summed E-state index contributed by atoms with van der Waals surface area (Å²) in [5, 5.41) is 3.37. The summed E-state index contributed by atoms with van der Waals surface area (Å²) < 4.78 is 15.8. The first kappa shape index (κ1) is 15.5. The summed E-state index contributed by atoms with van der Waals surface area (Å²) in [6.07, 6.45) is 4.27. The maximum absolute atomic E-state index is 13.8. The summed E-state index contributed by atoms with van der Waals surface area (Å²) in [5.74, 6) is 0.700. The van der Waals surface area contributed by atoms with Gasteiger partial charge in [-0.05, 0) is 44.4 Å². The van der Waals surface area contributed by atoms with Crippen molar-refractivity contribution in [3.63, 3.8) is 0 Å². The van der Waals surface area contributed by atoms with Gasteiger partial charge in [0.25, 0.3) is 0 Å². The summed E-state index contributed by atoms with van der Waals surface area (Å²) in [6, 6.07) is 5.47. The lowest BCUT2D eigenvalue weighted by Gasteiger charge is -2.18. The summed E-state index contributed by atoms with van der Waals surface area (Å²) in [4.78, 5) is 4.53. The normalized spacial score (nSPS) is 12.4. The zero-order valence-corrected chi connectivity index (χ0v) is 13.3. The molecule has 0 saturated heterocycles. The van der Waals surface area contributed by atoms with Crippen LogP contribution in [0.3, 0.4) is 0 Å². The second-order valence-electron chi connectivity index (χ2n) is 5.58. The molecular weight excluding hydrogens is 265 g/mol. The van der Waals surface area contributed by atoms with E-state index in [1.165, 1.54) is 0 Å². The van der Waals surface area contributed by atoms with Crippen molar-refractivity contribution < 1.29 is 4.39 Å². The van der Waals surface area contributed by atoms with Crippen LogP contribution in [0.25, 0.3) is 0 Å². The molecule has 114 valence electrons. The van der Waals surface area contributed by atoms with Gasteiger partial charge in [0.1, 0.15) is 5.82 Å². The minimum absolute atomic E-state index is 0.0467. The zero-order chi connectivity index (χ0) is 15.4. The second-order valence-corrected chi connectivity index (χ2v) is 5.58. The molecule has 1 aromatic carbocycles. The molecule has 0 bridgehead atoms. The lowest BCUT2D eigenvalue weighted by atomic mass is 10.1. The van der Waals surface area contributed by atoms with E-state index in [0.717, 1.165) is 36.6 Å². The SMILES string of the molecule is CCCCNc1nc(C)cn1C(C)c1ccc(C)c(F)c1. The molecule has 1 heterocycles. The maximum atomic E-state index is 13.8. The summed E-state index contributed by atoms with van der Waals surface area (Å²) >= 11 is 0. The van der Waals surface area contributed by atoms with Gasteiger partial charge in [-0.15, -0.1) is 0 Å². The number of halogens is 1. The van der Waals surface area contributed by atoms with E-state index >= 15 is 0 Å². The van der Waals surface area contributed by atoms with Crippen molar-refractivity contribution in [3.05, 3.63) is 47.0 Å². The van der Waals surface area contributed by atoms with Gasteiger partial charge < -0.3 is 9.88 Å². The quantitative estimate of drug-likeness (QED) is 0.796. The Hall–Kier alpha value is -1.84. The van der Waals surface area contributed by atoms with Crippen LogP contribution in [0.15, 0.2) is 24.4 Å². The molecule has 0 aliphatic carbocycles. The van der Waals surface area contributed by atoms with Crippen LogP contribution in [0.2, 0.25) is 0 Å². The van der Waals surface area contributed by atoms with Crippen LogP contribution >= 0.6 is 0 Å². The highest BCUT2D eigenvalue weighted by Crippen LogP contribution is 2.24. The van der Waals surface area contributed by atoms with Gasteiger partial charge in [0, 0.05) is 12.7 Å². The number of imidazole rings is 1. The van der Waals surface area contributed by atoms with E-state index in [1.807, 2.05) is 25.3 Å². The van der Waals surface area contributed by atoms with E-state index in [1.54, 1.807) is 13.0 Å². The van der Waals surface area contributed by atoms with Crippen molar-refractivity contribution in [1.82, 2.24) is 9.55 Å². The van der Waals surface area contributed by atoms with Crippen LogP contribution in [0.5, 0.6) is 0 Å². The molecule has 2 rings (SSSR count). The van der Waals surface area contributed by atoms with E-state index in [4.69, 9.17) is 0 Å². The van der Waals surface area contributed by atoms with Gasteiger partial charge in [-0.25, -0.2) is 9.37 Å². The first-order chi connectivity index (χ1) is 10.0. The molecule has 1 aromatic heterocycles. The third kappa shape index (κ3) is 3.63. The Morgan fingerprint density at radius 3 is 2.76 bits per heavy atom. The minimum atomic E-state index is -0.156.